The van der Waals surface area contributed by atoms with Crippen molar-refractivity contribution < 1.29 is 29.7 Å². The minimum Gasteiger partial charge on any atom is -0.507 e. The van der Waals surface area contributed by atoms with Crippen LogP contribution < -0.4 is 14.4 Å². The van der Waals surface area contributed by atoms with Crippen molar-refractivity contribution in [1.29, 1.82) is 0 Å². The Morgan fingerprint density at radius 2 is 1.80 bits per heavy atom. The number of nitrogens with zero attached hydrogens (tertiary/aromatic N) is 2. The molecule has 2 rings (SSSR count). The molecule has 0 amide bonds. The lowest BCUT2D eigenvalue weighted by molar-refractivity contribution is 0.0693. The molecule has 2 aromatic rings. The van der Waals surface area contributed by atoms with Crippen LogP contribution in [0.3, 0.4) is 0 Å². The van der Waals surface area contributed by atoms with Crippen molar-refractivity contribution in [3.63, 3.8) is 0 Å². The van der Waals surface area contributed by atoms with E-state index in [0.717, 1.165) is 25.2 Å². The topological polar surface area (TPSA) is 112 Å². The molecule has 0 aromatic heterocycles. The van der Waals surface area contributed by atoms with Crippen molar-refractivity contribution >= 4 is 17.4 Å². The molecule has 0 aliphatic carbocycles. The summed E-state index contributed by atoms with van der Waals surface area (Å²) in [6, 6.07) is 9.45. The van der Waals surface area contributed by atoms with Crippen LogP contribution in [0.25, 0.3) is 0 Å². The molecule has 0 heterocycles. The Kier molecular flexibility index (Phi) is 8.34. The van der Waals surface area contributed by atoms with E-state index in [0.29, 0.717) is 17.9 Å². The van der Waals surface area contributed by atoms with Crippen LogP contribution in [-0.4, -0.2) is 53.4 Å². The molecule has 0 aliphatic rings. The van der Waals surface area contributed by atoms with Gasteiger partial charge in [-0.1, -0.05) is 18.1 Å². The summed E-state index contributed by atoms with van der Waals surface area (Å²) in [5.41, 5.74) is 1.64. The van der Waals surface area contributed by atoms with E-state index in [1.807, 2.05) is 25.1 Å². The quantitative estimate of drug-likeness (QED) is 0.288. The van der Waals surface area contributed by atoms with E-state index < -0.39 is 11.7 Å². The predicted octanol–water partition coefficient (Wildman–Crippen LogP) is 3.98. The van der Waals surface area contributed by atoms with Gasteiger partial charge in [0.2, 0.25) is 0 Å². The molecule has 8 nitrogen and oxygen atoms in total. The number of hydrogen-bond donors (Lipinski definition) is 3. The lowest BCUT2D eigenvalue weighted by atomic mass is 10.1. The Morgan fingerprint density at radius 3 is 2.37 bits per heavy atom. The van der Waals surface area contributed by atoms with Crippen LogP contribution in [0.15, 0.2) is 41.6 Å². The molecule has 0 saturated carbocycles. The Morgan fingerprint density at radius 1 is 1.07 bits per heavy atom. The first-order chi connectivity index (χ1) is 14.4. The minimum absolute atomic E-state index is 0.0831. The number of hydrogen-bond acceptors (Lipinski definition) is 7. The van der Waals surface area contributed by atoms with Crippen LogP contribution in [0, 0.1) is 0 Å². The maximum Gasteiger partial charge on any atom is 0.339 e. The van der Waals surface area contributed by atoms with E-state index in [9.17, 15) is 15.1 Å². The van der Waals surface area contributed by atoms with Crippen LogP contribution in [-0.2, 0) is 0 Å². The van der Waals surface area contributed by atoms with Crippen LogP contribution >= 0.6 is 0 Å². The molecular formula is C22H28N2O6. The Bertz CT molecular complexity index is 893. The van der Waals surface area contributed by atoms with Gasteiger partial charge in [0.15, 0.2) is 0 Å². The van der Waals surface area contributed by atoms with Gasteiger partial charge in [-0.3, -0.25) is 0 Å². The largest absolute Gasteiger partial charge is 0.507 e. The van der Waals surface area contributed by atoms with E-state index in [4.69, 9.17) is 14.6 Å². The summed E-state index contributed by atoms with van der Waals surface area (Å²) in [7, 11) is 0. The summed E-state index contributed by atoms with van der Waals surface area (Å²) in [5.74, 6) is -0.686. The van der Waals surface area contributed by atoms with Gasteiger partial charge in [-0.15, -0.1) is 0 Å². The summed E-state index contributed by atoms with van der Waals surface area (Å²) in [4.78, 5) is 13.2. The minimum atomic E-state index is -1.23. The Hall–Kier alpha value is -3.42. The van der Waals surface area contributed by atoms with Gasteiger partial charge < -0.3 is 29.8 Å². The molecule has 0 atom stereocenters. The predicted molar refractivity (Wildman–Crippen MR) is 115 cm³/mol. The molecular weight excluding hydrogens is 388 g/mol. The molecule has 0 unspecified atom stereocenters. The number of ether oxygens (including phenoxy) is 2. The Labute approximate surface area is 176 Å². The molecule has 30 heavy (non-hydrogen) atoms. The smallest absolute Gasteiger partial charge is 0.339 e. The highest BCUT2D eigenvalue weighted by Gasteiger charge is 2.15. The van der Waals surface area contributed by atoms with Gasteiger partial charge in [0, 0.05) is 24.7 Å². The number of phenols is 1. The number of oxime groups is 1. The van der Waals surface area contributed by atoms with Crippen molar-refractivity contribution in [1.82, 2.24) is 0 Å². The zero-order valence-electron chi connectivity index (χ0n) is 17.5. The van der Waals surface area contributed by atoms with E-state index in [1.165, 1.54) is 18.2 Å². The molecule has 0 fully saturated rings. The number of aromatic carboxylic acids is 1. The molecule has 0 saturated heterocycles. The van der Waals surface area contributed by atoms with Crippen molar-refractivity contribution in [2.45, 2.75) is 27.2 Å². The number of carboxylic acid groups (broad SMARTS) is 1. The number of benzene rings is 2. The van der Waals surface area contributed by atoms with Crippen LogP contribution in [0.1, 0.15) is 43.1 Å². The number of rotatable bonds is 11. The van der Waals surface area contributed by atoms with Gasteiger partial charge in [0.1, 0.15) is 35.1 Å². The summed E-state index contributed by atoms with van der Waals surface area (Å²) in [6.07, 6.45) is 0.863. The molecule has 162 valence electrons. The number of aromatic hydroxyl groups is 1. The van der Waals surface area contributed by atoms with Crippen molar-refractivity contribution in [3.8, 4) is 17.2 Å². The second kappa shape index (κ2) is 10.9. The number of carbonyl (C=O) groups is 1. The highest BCUT2D eigenvalue weighted by Crippen LogP contribution is 2.30. The normalized spacial score (nSPS) is 11.2. The number of carboxylic acids is 1. The van der Waals surface area contributed by atoms with Crippen molar-refractivity contribution in [3.05, 3.63) is 47.5 Å². The zero-order chi connectivity index (χ0) is 22.1. The Balaban J connectivity index is 2.23. The van der Waals surface area contributed by atoms with Gasteiger partial charge in [-0.05, 0) is 44.5 Å². The van der Waals surface area contributed by atoms with Crippen LogP contribution in [0.4, 0.5) is 5.69 Å². The van der Waals surface area contributed by atoms with Gasteiger partial charge in [0.25, 0.3) is 0 Å². The molecule has 8 heteroatoms. The second-order valence-corrected chi connectivity index (χ2v) is 6.52. The van der Waals surface area contributed by atoms with E-state index in [2.05, 4.69) is 23.9 Å². The molecule has 0 radical (unpaired) electrons. The molecule has 0 bridgehead atoms. The standard InChI is InChI=1S/C22H28N2O6/c1-4-11-29-21-12-15(7-10-19(21)24(5-2)6-3)18(23-28)14-30-16-8-9-17(22(26)27)20(25)13-16/h7-10,12-13,25,28H,4-6,11,14H2,1-3H3,(H,26,27)/b23-18+. The van der Waals surface area contributed by atoms with Crippen LogP contribution in [0.5, 0.6) is 17.2 Å². The maximum atomic E-state index is 11.0. The fourth-order valence-corrected chi connectivity index (χ4v) is 2.95. The average Bonchev–Trinajstić information content (AvgIpc) is 2.74. The van der Waals surface area contributed by atoms with Crippen molar-refractivity contribution in [2.24, 2.45) is 5.16 Å². The van der Waals surface area contributed by atoms with Crippen molar-refractivity contribution in [2.75, 3.05) is 31.2 Å². The third-order valence-corrected chi connectivity index (χ3v) is 4.55. The lowest BCUT2D eigenvalue weighted by Crippen LogP contribution is -2.23. The fraction of sp³-hybridized carbons (Fsp3) is 0.364. The third-order valence-electron chi connectivity index (χ3n) is 4.55. The van der Waals surface area contributed by atoms with E-state index >= 15 is 0 Å². The van der Waals surface area contributed by atoms with Gasteiger partial charge in [-0.2, -0.15) is 0 Å². The summed E-state index contributed by atoms with van der Waals surface area (Å²) >= 11 is 0. The fourth-order valence-electron chi connectivity index (χ4n) is 2.95. The van der Waals surface area contributed by atoms with Gasteiger partial charge in [0.05, 0.1) is 12.3 Å². The summed E-state index contributed by atoms with van der Waals surface area (Å²) in [5, 5.41) is 31.6. The highest BCUT2D eigenvalue weighted by atomic mass is 16.5. The lowest BCUT2D eigenvalue weighted by Gasteiger charge is -2.24. The SMILES string of the molecule is CCCOc1cc(/C(COc2ccc(C(=O)O)c(O)c2)=N/O)ccc1N(CC)CC. The first-order valence-corrected chi connectivity index (χ1v) is 9.87. The summed E-state index contributed by atoms with van der Waals surface area (Å²) in [6.45, 7) is 8.31. The third kappa shape index (κ3) is 5.56. The first-order valence-electron chi connectivity index (χ1n) is 9.87. The summed E-state index contributed by atoms with van der Waals surface area (Å²) < 4.78 is 11.5. The monoisotopic (exact) mass is 416 g/mol. The van der Waals surface area contributed by atoms with E-state index in [1.54, 1.807) is 0 Å². The van der Waals surface area contributed by atoms with E-state index in [-0.39, 0.29) is 23.6 Å². The highest BCUT2D eigenvalue weighted by molar-refractivity contribution is 6.02. The molecule has 2 aromatic carbocycles. The van der Waals surface area contributed by atoms with Crippen LogP contribution in [0.2, 0.25) is 0 Å². The second-order valence-electron chi connectivity index (χ2n) is 6.52. The van der Waals surface area contributed by atoms with Gasteiger partial charge >= 0.3 is 5.97 Å². The maximum absolute atomic E-state index is 11.0. The average molecular weight is 416 g/mol. The molecule has 3 N–H and O–H groups in total. The molecule has 0 spiro atoms. The van der Waals surface area contributed by atoms with Gasteiger partial charge in [-0.25, -0.2) is 4.79 Å². The zero-order valence-corrected chi connectivity index (χ0v) is 17.5. The first kappa shape index (κ1) is 22.9. The molecule has 0 aliphatic heterocycles. The number of anilines is 1.